The Morgan fingerprint density at radius 1 is 1.55 bits per heavy atom. The minimum absolute atomic E-state index is 0.0544. The van der Waals surface area contributed by atoms with E-state index in [4.69, 9.17) is 9.15 Å². The third kappa shape index (κ3) is 1.44. The molecule has 1 aromatic heterocycles. The molecule has 3 heteroatoms. The summed E-state index contributed by atoms with van der Waals surface area (Å²) in [7, 11) is 0. The zero-order chi connectivity index (χ0) is 7.52. The minimum atomic E-state index is 0.0544. The van der Waals surface area contributed by atoms with E-state index < -0.39 is 0 Å². The molecule has 0 aliphatic carbocycles. The van der Waals surface area contributed by atoms with Gasteiger partial charge in [-0.15, -0.1) is 0 Å². The molecule has 1 fully saturated rings. The van der Waals surface area contributed by atoms with Crippen molar-refractivity contribution < 1.29 is 9.15 Å². The van der Waals surface area contributed by atoms with Gasteiger partial charge in [-0.25, -0.2) is 5.32 Å². The van der Waals surface area contributed by atoms with Crippen LogP contribution in [-0.2, 0) is 4.74 Å². The lowest BCUT2D eigenvalue weighted by Crippen LogP contribution is -2.27. The van der Waals surface area contributed by atoms with Gasteiger partial charge in [-0.3, -0.25) is 0 Å². The Labute approximate surface area is 65.3 Å². The first kappa shape index (κ1) is 6.88. The lowest BCUT2D eigenvalue weighted by molar-refractivity contribution is 0.0127. The van der Waals surface area contributed by atoms with Crippen LogP contribution in [0.3, 0.4) is 0 Å². The second kappa shape index (κ2) is 3.07. The maximum atomic E-state index is 5.43. The van der Waals surface area contributed by atoms with Crippen molar-refractivity contribution in [3.63, 3.8) is 0 Å². The standard InChI is InChI=1S/C8H10NO2/c1-2-7(10-4-1)8-6-9-3-5-11-8/h1-2,4,8H,3,5-6H2. The maximum Gasteiger partial charge on any atom is 0.133 e. The average Bonchev–Trinajstić information content (AvgIpc) is 2.58. The van der Waals surface area contributed by atoms with Gasteiger partial charge in [0.15, 0.2) is 0 Å². The van der Waals surface area contributed by atoms with E-state index in [9.17, 15) is 0 Å². The van der Waals surface area contributed by atoms with Gasteiger partial charge >= 0.3 is 0 Å². The summed E-state index contributed by atoms with van der Waals surface area (Å²) in [6.07, 6.45) is 1.71. The van der Waals surface area contributed by atoms with Crippen molar-refractivity contribution in [2.45, 2.75) is 6.10 Å². The summed E-state index contributed by atoms with van der Waals surface area (Å²) in [6, 6.07) is 3.79. The Hall–Kier alpha value is -0.800. The molecule has 59 valence electrons. The molecule has 1 atom stereocenters. The van der Waals surface area contributed by atoms with Gasteiger partial charge in [0.25, 0.3) is 0 Å². The molecular weight excluding hydrogens is 142 g/mol. The van der Waals surface area contributed by atoms with Crippen molar-refractivity contribution in [1.29, 1.82) is 0 Å². The van der Waals surface area contributed by atoms with Crippen molar-refractivity contribution in [2.75, 3.05) is 19.7 Å². The Morgan fingerprint density at radius 3 is 3.18 bits per heavy atom. The predicted molar refractivity (Wildman–Crippen MR) is 39.3 cm³/mol. The SMILES string of the molecule is c1coc(C2C[N]CCO2)c1. The largest absolute Gasteiger partial charge is 0.467 e. The second-order valence-electron chi connectivity index (χ2n) is 2.50. The highest BCUT2D eigenvalue weighted by atomic mass is 16.5. The van der Waals surface area contributed by atoms with E-state index in [1.54, 1.807) is 6.26 Å². The fourth-order valence-electron chi connectivity index (χ4n) is 1.17. The fourth-order valence-corrected chi connectivity index (χ4v) is 1.17. The molecule has 0 saturated carbocycles. The van der Waals surface area contributed by atoms with Crippen LogP contribution in [0.5, 0.6) is 0 Å². The summed E-state index contributed by atoms with van der Waals surface area (Å²) in [5, 5.41) is 4.23. The van der Waals surface area contributed by atoms with Gasteiger partial charge in [0.2, 0.25) is 0 Å². The molecule has 1 radical (unpaired) electrons. The molecule has 1 aromatic rings. The van der Waals surface area contributed by atoms with Gasteiger partial charge in [0.05, 0.1) is 12.9 Å². The number of morpholine rings is 1. The number of hydrogen-bond donors (Lipinski definition) is 0. The molecular formula is C8H10NO2. The smallest absolute Gasteiger partial charge is 0.133 e. The number of rotatable bonds is 1. The van der Waals surface area contributed by atoms with E-state index >= 15 is 0 Å². The van der Waals surface area contributed by atoms with Crippen LogP contribution in [0, 0.1) is 0 Å². The number of nitrogens with zero attached hydrogens (tertiary/aromatic N) is 1. The van der Waals surface area contributed by atoms with Crippen molar-refractivity contribution in [2.24, 2.45) is 0 Å². The van der Waals surface area contributed by atoms with E-state index in [-0.39, 0.29) is 6.10 Å². The van der Waals surface area contributed by atoms with Gasteiger partial charge in [0, 0.05) is 13.1 Å². The lowest BCUT2D eigenvalue weighted by atomic mass is 10.2. The molecule has 0 bridgehead atoms. The summed E-state index contributed by atoms with van der Waals surface area (Å²) in [5.41, 5.74) is 0. The summed E-state index contributed by atoms with van der Waals surface area (Å²) in [4.78, 5) is 0. The van der Waals surface area contributed by atoms with Gasteiger partial charge in [-0.05, 0) is 12.1 Å². The third-order valence-corrected chi connectivity index (χ3v) is 1.72. The lowest BCUT2D eigenvalue weighted by Gasteiger charge is -2.20. The molecule has 11 heavy (non-hydrogen) atoms. The second-order valence-corrected chi connectivity index (χ2v) is 2.50. The number of hydrogen-bond acceptors (Lipinski definition) is 2. The zero-order valence-electron chi connectivity index (χ0n) is 6.19. The fraction of sp³-hybridized carbons (Fsp3) is 0.500. The van der Waals surface area contributed by atoms with Crippen LogP contribution in [0.2, 0.25) is 0 Å². The van der Waals surface area contributed by atoms with Crippen LogP contribution in [-0.4, -0.2) is 19.7 Å². The van der Waals surface area contributed by atoms with Crippen LogP contribution < -0.4 is 5.32 Å². The molecule has 0 aromatic carbocycles. The third-order valence-electron chi connectivity index (χ3n) is 1.72. The van der Waals surface area contributed by atoms with Gasteiger partial charge in [-0.1, -0.05) is 0 Å². The predicted octanol–water partition coefficient (Wildman–Crippen LogP) is 0.955. The monoisotopic (exact) mass is 152 g/mol. The van der Waals surface area contributed by atoms with Gasteiger partial charge in [-0.2, -0.15) is 0 Å². The summed E-state index contributed by atoms with van der Waals surface area (Å²) >= 11 is 0. The van der Waals surface area contributed by atoms with Crippen LogP contribution in [0.15, 0.2) is 22.8 Å². The molecule has 1 aliphatic heterocycles. The first-order valence-electron chi connectivity index (χ1n) is 3.75. The number of ether oxygens (including phenoxy) is 1. The molecule has 1 unspecified atom stereocenters. The topological polar surface area (TPSA) is 36.5 Å². The van der Waals surface area contributed by atoms with Crippen molar-refractivity contribution >= 4 is 0 Å². The highest BCUT2D eigenvalue weighted by molar-refractivity contribution is 5.03. The Bertz CT molecular complexity index is 202. The number of furan rings is 1. The van der Waals surface area contributed by atoms with Gasteiger partial charge < -0.3 is 9.15 Å². The molecule has 2 rings (SSSR count). The van der Waals surface area contributed by atoms with E-state index in [0.717, 1.165) is 18.8 Å². The molecule has 0 N–H and O–H groups in total. The normalized spacial score (nSPS) is 25.3. The van der Waals surface area contributed by atoms with Crippen molar-refractivity contribution in [1.82, 2.24) is 5.32 Å². The van der Waals surface area contributed by atoms with Crippen LogP contribution >= 0.6 is 0 Å². The zero-order valence-corrected chi connectivity index (χ0v) is 6.19. The minimum Gasteiger partial charge on any atom is -0.467 e. The van der Waals surface area contributed by atoms with E-state index in [2.05, 4.69) is 5.32 Å². The van der Waals surface area contributed by atoms with E-state index in [0.29, 0.717) is 6.61 Å². The first-order chi connectivity index (χ1) is 5.47. The molecule has 0 amide bonds. The molecule has 0 spiro atoms. The van der Waals surface area contributed by atoms with Crippen molar-refractivity contribution in [3.8, 4) is 0 Å². The van der Waals surface area contributed by atoms with Crippen LogP contribution in [0.4, 0.5) is 0 Å². The quantitative estimate of drug-likeness (QED) is 0.600. The van der Waals surface area contributed by atoms with E-state index in [1.807, 2.05) is 12.1 Å². The van der Waals surface area contributed by atoms with E-state index in [1.165, 1.54) is 0 Å². The molecule has 3 nitrogen and oxygen atoms in total. The van der Waals surface area contributed by atoms with Crippen LogP contribution in [0.1, 0.15) is 11.9 Å². The highest BCUT2D eigenvalue weighted by Crippen LogP contribution is 2.18. The first-order valence-corrected chi connectivity index (χ1v) is 3.75. The molecule has 2 heterocycles. The summed E-state index contributed by atoms with van der Waals surface area (Å²) in [5.74, 6) is 0.883. The van der Waals surface area contributed by atoms with Crippen molar-refractivity contribution in [3.05, 3.63) is 24.2 Å². The van der Waals surface area contributed by atoms with Gasteiger partial charge in [0.1, 0.15) is 11.9 Å². The summed E-state index contributed by atoms with van der Waals surface area (Å²) < 4.78 is 10.6. The Balaban J connectivity index is 2.04. The molecule has 1 aliphatic rings. The maximum absolute atomic E-state index is 5.43. The van der Waals surface area contributed by atoms with Crippen LogP contribution in [0.25, 0.3) is 0 Å². The Kier molecular flexibility index (Phi) is 1.92. The highest BCUT2D eigenvalue weighted by Gasteiger charge is 2.18. The Morgan fingerprint density at radius 2 is 2.55 bits per heavy atom. The average molecular weight is 152 g/mol. The molecule has 1 saturated heterocycles. The summed E-state index contributed by atoms with van der Waals surface area (Å²) in [6.45, 7) is 2.26.